The third kappa shape index (κ3) is 2.46. The summed E-state index contributed by atoms with van der Waals surface area (Å²) in [6, 6.07) is 0.112. The van der Waals surface area contributed by atoms with Crippen LogP contribution >= 0.6 is 0 Å². The summed E-state index contributed by atoms with van der Waals surface area (Å²) in [5.74, 6) is 0.969. The summed E-state index contributed by atoms with van der Waals surface area (Å²) in [6.45, 7) is 2.09. The zero-order chi connectivity index (χ0) is 12.3. The van der Waals surface area contributed by atoms with Gasteiger partial charge in [0.25, 0.3) is 0 Å². The van der Waals surface area contributed by atoms with Crippen LogP contribution < -0.4 is 15.4 Å². The highest BCUT2D eigenvalue weighted by Gasteiger charge is 2.23. The van der Waals surface area contributed by atoms with E-state index in [0.717, 1.165) is 12.8 Å². The Morgan fingerprint density at radius 3 is 3.06 bits per heavy atom. The van der Waals surface area contributed by atoms with Crippen molar-refractivity contribution in [2.75, 3.05) is 17.7 Å². The van der Waals surface area contributed by atoms with E-state index in [1.807, 2.05) is 0 Å². The third-order valence-corrected chi connectivity index (χ3v) is 2.68. The lowest BCUT2D eigenvalue weighted by molar-refractivity contribution is -0.116. The zero-order valence-electron chi connectivity index (χ0n) is 9.99. The molecule has 2 N–H and O–H groups in total. The average molecular weight is 236 g/mol. The van der Waals surface area contributed by atoms with E-state index in [2.05, 4.69) is 27.5 Å². The zero-order valence-corrected chi connectivity index (χ0v) is 9.99. The third-order valence-electron chi connectivity index (χ3n) is 2.68. The summed E-state index contributed by atoms with van der Waals surface area (Å²) in [5.41, 5.74) is 0.526. The van der Waals surface area contributed by atoms with Gasteiger partial charge < -0.3 is 15.4 Å². The highest BCUT2D eigenvalue weighted by Crippen LogP contribution is 2.31. The van der Waals surface area contributed by atoms with Crippen LogP contribution in [0.2, 0.25) is 0 Å². The molecule has 1 aliphatic rings. The van der Waals surface area contributed by atoms with Crippen LogP contribution in [0.1, 0.15) is 26.2 Å². The lowest BCUT2D eigenvalue weighted by Crippen LogP contribution is -2.22. The molecule has 0 spiro atoms. The number of nitrogens with zero attached hydrogens (tertiary/aromatic N) is 2. The molecule has 92 valence electrons. The monoisotopic (exact) mass is 236 g/mol. The van der Waals surface area contributed by atoms with Gasteiger partial charge in [-0.15, -0.1) is 0 Å². The Bertz CT molecular complexity index is 422. The minimum atomic E-state index is -0.0391. The highest BCUT2D eigenvalue weighted by molar-refractivity contribution is 5.97. The molecule has 0 aliphatic carbocycles. The van der Waals surface area contributed by atoms with Gasteiger partial charge in [0.05, 0.1) is 7.11 Å². The van der Waals surface area contributed by atoms with E-state index < -0.39 is 0 Å². The number of amides is 1. The Morgan fingerprint density at radius 1 is 1.53 bits per heavy atom. The topological polar surface area (TPSA) is 76.1 Å². The van der Waals surface area contributed by atoms with Crippen molar-refractivity contribution >= 4 is 17.4 Å². The Labute approximate surface area is 99.8 Å². The molecule has 1 aromatic rings. The van der Waals surface area contributed by atoms with Crippen LogP contribution in [0.4, 0.5) is 11.5 Å². The van der Waals surface area contributed by atoms with Gasteiger partial charge in [0.2, 0.25) is 11.8 Å². The maximum Gasteiger partial charge on any atom is 0.242 e. The number of hydrogen-bond acceptors (Lipinski definition) is 5. The largest absolute Gasteiger partial charge is 0.479 e. The maximum atomic E-state index is 11.7. The number of hydrogen-bond donors (Lipinski definition) is 2. The van der Waals surface area contributed by atoms with Crippen molar-refractivity contribution in [2.45, 2.75) is 32.2 Å². The predicted molar refractivity (Wildman–Crippen MR) is 64.1 cm³/mol. The molecule has 1 aromatic heterocycles. The SMILES string of the molecule is CCCC1CC(=O)Nc2c(ncnc2OC)N1. The van der Waals surface area contributed by atoms with Gasteiger partial charge in [-0.05, 0) is 6.42 Å². The van der Waals surface area contributed by atoms with Gasteiger partial charge >= 0.3 is 0 Å². The molecule has 1 atom stereocenters. The van der Waals surface area contributed by atoms with Crippen molar-refractivity contribution in [1.29, 1.82) is 0 Å². The minimum absolute atomic E-state index is 0.0391. The molecule has 1 amide bonds. The van der Waals surface area contributed by atoms with Gasteiger partial charge in [-0.1, -0.05) is 13.3 Å². The van der Waals surface area contributed by atoms with E-state index in [4.69, 9.17) is 4.74 Å². The van der Waals surface area contributed by atoms with Crippen LogP contribution in [0.5, 0.6) is 5.88 Å². The fraction of sp³-hybridized carbons (Fsp3) is 0.545. The molecule has 0 fully saturated rings. The number of fused-ring (bicyclic) bond motifs is 1. The minimum Gasteiger partial charge on any atom is -0.479 e. The first-order valence-electron chi connectivity index (χ1n) is 5.70. The number of aromatic nitrogens is 2. The van der Waals surface area contributed by atoms with Crippen molar-refractivity contribution in [3.05, 3.63) is 6.33 Å². The highest BCUT2D eigenvalue weighted by atomic mass is 16.5. The second-order valence-corrected chi connectivity index (χ2v) is 3.99. The van der Waals surface area contributed by atoms with Crippen molar-refractivity contribution in [3.8, 4) is 5.88 Å². The molecule has 0 saturated heterocycles. The van der Waals surface area contributed by atoms with E-state index >= 15 is 0 Å². The normalized spacial score (nSPS) is 18.7. The van der Waals surface area contributed by atoms with E-state index in [9.17, 15) is 4.79 Å². The summed E-state index contributed by atoms with van der Waals surface area (Å²) in [4.78, 5) is 19.8. The first kappa shape index (κ1) is 11.6. The van der Waals surface area contributed by atoms with Crippen LogP contribution in [0.15, 0.2) is 6.33 Å². The summed E-state index contributed by atoms with van der Waals surface area (Å²) >= 11 is 0. The Hall–Kier alpha value is -1.85. The summed E-state index contributed by atoms with van der Waals surface area (Å²) < 4.78 is 5.11. The van der Waals surface area contributed by atoms with Crippen LogP contribution in [0.3, 0.4) is 0 Å². The number of ether oxygens (including phenoxy) is 1. The van der Waals surface area contributed by atoms with Crippen LogP contribution in [0, 0.1) is 0 Å². The maximum absolute atomic E-state index is 11.7. The first-order valence-corrected chi connectivity index (χ1v) is 5.70. The quantitative estimate of drug-likeness (QED) is 0.829. The summed E-state index contributed by atoms with van der Waals surface area (Å²) in [6.07, 6.45) is 3.81. The van der Waals surface area contributed by atoms with Crippen molar-refractivity contribution in [3.63, 3.8) is 0 Å². The van der Waals surface area contributed by atoms with Gasteiger partial charge in [0, 0.05) is 12.5 Å². The molecule has 2 rings (SSSR count). The van der Waals surface area contributed by atoms with Crippen molar-refractivity contribution in [2.24, 2.45) is 0 Å². The van der Waals surface area contributed by atoms with Gasteiger partial charge in [-0.3, -0.25) is 4.79 Å². The molecule has 17 heavy (non-hydrogen) atoms. The van der Waals surface area contributed by atoms with Gasteiger partial charge in [-0.2, -0.15) is 4.98 Å². The van der Waals surface area contributed by atoms with E-state index in [-0.39, 0.29) is 11.9 Å². The van der Waals surface area contributed by atoms with Crippen molar-refractivity contribution in [1.82, 2.24) is 9.97 Å². The number of nitrogens with one attached hydrogen (secondary N) is 2. The number of methoxy groups -OCH3 is 1. The smallest absolute Gasteiger partial charge is 0.242 e. The molecule has 0 radical (unpaired) electrons. The molecular weight excluding hydrogens is 220 g/mol. The number of carbonyl (C=O) groups excluding carboxylic acids is 1. The second-order valence-electron chi connectivity index (χ2n) is 3.99. The molecule has 6 heteroatoms. The molecule has 1 unspecified atom stereocenters. The Balaban J connectivity index is 2.33. The van der Waals surface area contributed by atoms with E-state index in [1.165, 1.54) is 13.4 Å². The first-order chi connectivity index (χ1) is 8.24. The van der Waals surface area contributed by atoms with Gasteiger partial charge in [0.15, 0.2) is 5.82 Å². The van der Waals surface area contributed by atoms with Gasteiger partial charge in [-0.25, -0.2) is 4.98 Å². The Morgan fingerprint density at radius 2 is 2.35 bits per heavy atom. The summed E-state index contributed by atoms with van der Waals surface area (Å²) in [7, 11) is 1.52. The lowest BCUT2D eigenvalue weighted by Gasteiger charge is -2.14. The molecular formula is C11H16N4O2. The lowest BCUT2D eigenvalue weighted by atomic mass is 10.1. The Kier molecular flexibility index (Phi) is 3.41. The average Bonchev–Trinajstić information content (AvgIpc) is 2.46. The van der Waals surface area contributed by atoms with Crippen LogP contribution in [-0.2, 0) is 4.79 Å². The molecule has 0 saturated carbocycles. The fourth-order valence-electron chi connectivity index (χ4n) is 1.93. The van der Waals surface area contributed by atoms with Crippen LogP contribution in [-0.4, -0.2) is 29.0 Å². The molecule has 0 bridgehead atoms. The summed E-state index contributed by atoms with van der Waals surface area (Å²) in [5, 5.41) is 6.03. The second kappa shape index (κ2) is 4.99. The fourth-order valence-corrected chi connectivity index (χ4v) is 1.93. The van der Waals surface area contributed by atoms with E-state index in [1.54, 1.807) is 0 Å². The number of carbonyl (C=O) groups is 1. The van der Waals surface area contributed by atoms with Gasteiger partial charge in [0.1, 0.15) is 12.0 Å². The molecule has 0 aromatic carbocycles. The standard InChI is InChI=1S/C11H16N4O2/c1-3-4-7-5-8(16)15-9-10(14-7)12-6-13-11(9)17-2/h6-7H,3-5H2,1-2H3,(H,15,16)(H,12,13,14). The molecule has 6 nitrogen and oxygen atoms in total. The van der Waals surface area contributed by atoms with Crippen LogP contribution in [0.25, 0.3) is 0 Å². The number of rotatable bonds is 3. The van der Waals surface area contributed by atoms with E-state index in [0.29, 0.717) is 23.8 Å². The molecule has 1 aliphatic heterocycles. The predicted octanol–water partition coefficient (Wildman–Crippen LogP) is 1.41. The number of anilines is 2. The van der Waals surface area contributed by atoms with Crippen molar-refractivity contribution < 1.29 is 9.53 Å². The molecule has 2 heterocycles.